The van der Waals surface area contributed by atoms with Gasteiger partial charge in [-0.25, -0.2) is 0 Å². The summed E-state index contributed by atoms with van der Waals surface area (Å²) in [4.78, 5) is 32.0. The van der Waals surface area contributed by atoms with Crippen LogP contribution in [0.25, 0.3) is 0 Å². The van der Waals surface area contributed by atoms with Crippen molar-refractivity contribution >= 4 is 24.2 Å². The largest absolute Gasteiger partial charge is 0.390 e. The average Bonchev–Trinajstić information content (AvgIpc) is 2.98. The van der Waals surface area contributed by atoms with Crippen molar-refractivity contribution in [3.8, 4) is 0 Å². The van der Waals surface area contributed by atoms with E-state index in [2.05, 4.69) is 77.8 Å². The molecule has 0 aromatic heterocycles. The Morgan fingerprint density at radius 3 is 2.02 bits per heavy atom. The molecule has 0 radical (unpaired) electrons. The molecule has 224 valence electrons. The van der Waals surface area contributed by atoms with E-state index in [9.17, 15) is 14.7 Å². The second-order valence-corrected chi connectivity index (χ2v) is 12.4. The van der Waals surface area contributed by atoms with Gasteiger partial charge in [-0.05, 0) is 56.2 Å². The number of likely N-dealkylation sites (tertiary alicyclic amines) is 1. The van der Waals surface area contributed by atoms with E-state index in [1.165, 1.54) is 11.1 Å². The first kappa shape index (κ1) is 31.5. The van der Waals surface area contributed by atoms with Gasteiger partial charge in [-0.3, -0.25) is 9.59 Å². The molecule has 0 bridgehead atoms. The highest BCUT2D eigenvalue weighted by Crippen LogP contribution is 2.38. The summed E-state index contributed by atoms with van der Waals surface area (Å²) in [6.07, 6.45) is 9.06. The van der Waals surface area contributed by atoms with Gasteiger partial charge in [-0.15, -0.1) is 12.4 Å². The van der Waals surface area contributed by atoms with Gasteiger partial charge in [0, 0.05) is 32.0 Å². The highest BCUT2D eigenvalue weighted by molar-refractivity contribution is 6.00. The van der Waals surface area contributed by atoms with Crippen LogP contribution in [0.5, 0.6) is 0 Å². The van der Waals surface area contributed by atoms with Crippen molar-refractivity contribution < 1.29 is 14.7 Å². The maximum Gasteiger partial charge on any atom is 0.246 e. The summed E-state index contributed by atoms with van der Waals surface area (Å²) in [5.74, 6) is 0.317. The standard InChI is InChI=1S/C34H47N3O3.ClH/c1-2-3-22-37-31(38)30(26-33(40)18-11-6-12-19-33)35-32(39)34(37)20-24-36(25-21-34)23-17-29(27-13-7-4-8-14-27)28-15-9-5-10-16-28;/h4-5,7-10,13-16,29-30,40H,2-3,6,11-12,17-26H2,1H3,(H,35,39);1H/t30-;/m1./s1. The van der Waals surface area contributed by atoms with Crippen LogP contribution in [0.1, 0.15) is 94.6 Å². The van der Waals surface area contributed by atoms with Crippen molar-refractivity contribution in [2.24, 2.45) is 0 Å². The van der Waals surface area contributed by atoms with Crippen LogP contribution >= 0.6 is 12.4 Å². The van der Waals surface area contributed by atoms with E-state index in [1.807, 2.05) is 4.90 Å². The lowest BCUT2D eigenvalue weighted by Gasteiger charge is -2.52. The Bertz CT molecular complexity index is 1080. The van der Waals surface area contributed by atoms with Crippen LogP contribution in [0.15, 0.2) is 60.7 Å². The normalized spacial score (nSPS) is 22.4. The Balaban J connectivity index is 0.00000387. The number of nitrogens with one attached hydrogen (secondary N) is 1. The first-order valence-electron chi connectivity index (χ1n) is 15.6. The number of rotatable bonds is 10. The molecule has 0 unspecified atom stereocenters. The summed E-state index contributed by atoms with van der Waals surface area (Å²) < 4.78 is 0. The van der Waals surface area contributed by atoms with Crippen LogP contribution in [0.2, 0.25) is 0 Å². The fourth-order valence-corrected chi connectivity index (χ4v) is 7.30. The molecular formula is C34H48ClN3O3. The van der Waals surface area contributed by atoms with E-state index in [4.69, 9.17) is 0 Å². The number of carbonyl (C=O) groups is 2. The maximum absolute atomic E-state index is 13.9. The van der Waals surface area contributed by atoms with Gasteiger partial charge in [-0.1, -0.05) is 93.3 Å². The topological polar surface area (TPSA) is 72.9 Å². The molecule has 2 N–H and O–H groups in total. The third-order valence-corrected chi connectivity index (χ3v) is 9.73. The van der Waals surface area contributed by atoms with Crippen LogP contribution < -0.4 is 5.32 Å². The molecule has 1 aliphatic carbocycles. The second-order valence-electron chi connectivity index (χ2n) is 12.4. The van der Waals surface area contributed by atoms with Gasteiger partial charge >= 0.3 is 0 Å². The zero-order valence-corrected chi connectivity index (χ0v) is 25.4. The summed E-state index contributed by atoms with van der Waals surface area (Å²) in [6, 6.07) is 20.8. The summed E-state index contributed by atoms with van der Waals surface area (Å²) in [5.41, 5.74) is 1.04. The highest BCUT2D eigenvalue weighted by Gasteiger charge is 2.54. The molecule has 3 aliphatic rings. The molecule has 2 heterocycles. The molecule has 1 saturated carbocycles. The van der Waals surface area contributed by atoms with Crippen LogP contribution in [0.3, 0.4) is 0 Å². The van der Waals surface area contributed by atoms with Crippen molar-refractivity contribution in [2.75, 3.05) is 26.2 Å². The van der Waals surface area contributed by atoms with Gasteiger partial charge in [0.05, 0.1) is 5.60 Å². The first-order valence-corrected chi connectivity index (χ1v) is 15.6. The number of benzene rings is 2. The average molecular weight is 582 g/mol. The van der Waals surface area contributed by atoms with Gasteiger partial charge in [0.1, 0.15) is 11.6 Å². The summed E-state index contributed by atoms with van der Waals surface area (Å²) >= 11 is 0. The quantitative estimate of drug-likeness (QED) is 0.379. The van der Waals surface area contributed by atoms with Crippen molar-refractivity contribution in [3.63, 3.8) is 0 Å². The predicted molar refractivity (Wildman–Crippen MR) is 166 cm³/mol. The molecule has 5 rings (SSSR count). The fraction of sp³-hybridized carbons (Fsp3) is 0.588. The van der Waals surface area contributed by atoms with E-state index in [-0.39, 0.29) is 24.2 Å². The van der Waals surface area contributed by atoms with Gasteiger partial charge in [0.2, 0.25) is 11.8 Å². The van der Waals surface area contributed by atoms with Crippen molar-refractivity contribution in [3.05, 3.63) is 71.8 Å². The number of piperidine rings is 1. The fourth-order valence-electron chi connectivity index (χ4n) is 7.30. The SMILES string of the molecule is CCCCN1C(=O)[C@@H](CC2(O)CCCCC2)NC(=O)C12CCN(CCC(c1ccccc1)c1ccccc1)CC2.Cl. The van der Waals surface area contributed by atoms with Crippen LogP contribution in [0.4, 0.5) is 0 Å². The third kappa shape index (κ3) is 7.15. The number of carbonyl (C=O) groups excluding carboxylic acids is 2. The van der Waals surface area contributed by atoms with Crippen molar-refractivity contribution in [1.29, 1.82) is 0 Å². The lowest BCUT2D eigenvalue weighted by molar-refractivity contribution is -0.163. The number of unbranched alkanes of at least 4 members (excludes halogenated alkanes) is 1. The Hall–Kier alpha value is -2.41. The highest BCUT2D eigenvalue weighted by atomic mass is 35.5. The van der Waals surface area contributed by atoms with Gasteiger partial charge in [0.15, 0.2) is 0 Å². The summed E-state index contributed by atoms with van der Waals surface area (Å²) in [7, 11) is 0. The number of nitrogens with zero attached hydrogens (tertiary/aromatic N) is 2. The third-order valence-electron chi connectivity index (χ3n) is 9.73. The lowest BCUT2D eigenvalue weighted by atomic mass is 9.77. The number of aliphatic hydroxyl groups is 1. The second kappa shape index (κ2) is 14.2. The molecule has 1 spiro atoms. The van der Waals surface area contributed by atoms with Crippen molar-refractivity contribution in [1.82, 2.24) is 15.1 Å². The number of piperazine rings is 1. The molecule has 1 atom stereocenters. The monoisotopic (exact) mass is 581 g/mol. The van der Waals surface area contributed by atoms with Gasteiger partial charge < -0.3 is 20.2 Å². The molecular weight excluding hydrogens is 534 g/mol. The predicted octanol–water partition coefficient (Wildman–Crippen LogP) is 5.68. The molecule has 2 aliphatic heterocycles. The first-order chi connectivity index (χ1) is 19.4. The van der Waals surface area contributed by atoms with E-state index in [0.29, 0.717) is 44.6 Å². The minimum absolute atomic E-state index is 0. The number of hydrogen-bond acceptors (Lipinski definition) is 4. The summed E-state index contributed by atoms with van der Waals surface area (Å²) in [6.45, 7) is 5.29. The molecule has 2 amide bonds. The number of hydrogen-bond donors (Lipinski definition) is 2. The molecule has 2 saturated heterocycles. The zero-order chi connectivity index (χ0) is 28.0. The lowest BCUT2D eigenvalue weighted by Crippen LogP contribution is -2.73. The molecule has 6 nitrogen and oxygen atoms in total. The Kier molecular flexibility index (Phi) is 10.9. The van der Waals surface area contributed by atoms with Gasteiger partial charge in [-0.2, -0.15) is 0 Å². The minimum Gasteiger partial charge on any atom is -0.390 e. The molecule has 7 heteroatoms. The molecule has 41 heavy (non-hydrogen) atoms. The van der Waals surface area contributed by atoms with Crippen LogP contribution in [-0.2, 0) is 9.59 Å². The van der Waals surface area contributed by atoms with E-state index >= 15 is 0 Å². The molecule has 2 aromatic rings. The zero-order valence-electron chi connectivity index (χ0n) is 24.6. The Morgan fingerprint density at radius 1 is 0.878 bits per heavy atom. The van der Waals surface area contributed by atoms with E-state index < -0.39 is 17.2 Å². The van der Waals surface area contributed by atoms with E-state index in [0.717, 1.165) is 58.2 Å². The Morgan fingerprint density at radius 2 is 1.46 bits per heavy atom. The van der Waals surface area contributed by atoms with Crippen LogP contribution in [0, 0.1) is 0 Å². The Labute approximate surface area is 252 Å². The van der Waals surface area contributed by atoms with E-state index in [1.54, 1.807) is 0 Å². The number of amides is 2. The number of halogens is 1. The minimum atomic E-state index is -0.843. The van der Waals surface area contributed by atoms with Gasteiger partial charge in [0.25, 0.3) is 0 Å². The molecule has 2 aromatic carbocycles. The smallest absolute Gasteiger partial charge is 0.246 e. The maximum atomic E-state index is 13.9. The molecule has 3 fully saturated rings. The van der Waals surface area contributed by atoms with Crippen LogP contribution in [-0.4, -0.2) is 70.1 Å². The summed E-state index contributed by atoms with van der Waals surface area (Å²) in [5, 5.41) is 14.3. The van der Waals surface area contributed by atoms with Crippen molar-refractivity contribution in [2.45, 2.75) is 101 Å².